The van der Waals surface area contributed by atoms with Crippen LogP contribution in [0, 0.1) is 0 Å². The van der Waals surface area contributed by atoms with Crippen molar-refractivity contribution in [3.63, 3.8) is 0 Å². The van der Waals surface area contributed by atoms with E-state index in [0.717, 1.165) is 11.4 Å². The van der Waals surface area contributed by atoms with E-state index in [1.165, 1.54) is 199 Å². The van der Waals surface area contributed by atoms with Crippen molar-refractivity contribution in [1.29, 1.82) is 0 Å². The highest BCUT2D eigenvalue weighted by Crippen LogP contribution is 2.66. The summed E-state index contributed by atoms with van der Waals surface area (Å²) in [7, 11) is 0. The molecule has 0 bridgehead atoms. The zero-order valence-electron chi connectivity index (χ0n) is 55.5. The normalized spacial score (nSPS) is 13.6. The lowest BCUT2D eigenvalue weighted by Crippen LogP contribution is -2.26. The second kappa shape index (κ2) is 20.7. The van der Waals surface area contributed by atoms with Gasteiger partial charge in [0.05, 0.1) is 32.9 Å². The monoisotopic (exact) mass is 1290 g/mol. The van der Waals surface area contributed by atoms with E-state index in [9.17, 15) is 0 Å². The Bertz CT molecular complexity index is 6260. The predicted octanol–water partition coefficient (Wildman–Crippen LogP) is 25.5. The highest BCUT2D eigenvalue weighted by atomic mass is 15.0. The molecule has 19 aromatic rings. The largest absolute Gasteiger partial charge is 0.309 e. The Morgan fingerprint density at radius 3 is 0.775 bits per heavy atom. The topological polar surface area (TPSA) is 9.86 Å². The van der Waals surface area contributed by atoms with E-state index in [4.69, 9.17) is 0 Å². The number of fused-ring (bicyclic) bond motifs is 28. The van der Waals surface area contributed by atoms with E-state index in [-0.39, 0.29) is 0 Å². The molecule has 0 unspecified atom stereocenters. The highest BCUT2D eigenvalue weighted by Gasteiger charge is 2.54. The lowest BCUT2D eigenvalue weighted by molar-refractivity contribution is 0.793. The van der Waals surface area contributed by atoms with Crippen LogP contribution in [0.1, 0.15) is 44.5 Å². The fourth-order valence-electron chi connectivity index (χ4n) is 19.7. The Morgan fingerprint density at radius 2 is 0.422 bits per heavy atom. The van der Waals surface area contributed by atoms with E-state index in [1.54, 1.807) is 0 Å². The van der Waals surface area contributed by atoms with Crippen LogP contribution < -0.4 is 0 Å². The summed E-state index contributed by atoms with van der Waals surface area (Å²) < 4.78 is 4.96. The number of hydrogen-bond acceptors (Lipinski definition) is 0. The maximum atomic E-state index is 2.55. The second-order valence-corrected chi connectivity index (χ2v) is 28.4. The first kappa shape index (κ1) is 55.8. The number of benzene rings is 17. The zero-order valence-corrected chi connectivity index (χ0v) is 55.5. The van der Waals surface area contributed by atoms with Crippen LogP contribution in [0.3, 0.4) is 0 Å². The SMILES string of the molecule is c1ccc(-c2c3ccc(-c4ccc5c(c4)C4(c6ccccc6-c6ccccc64)c4cc(-n6c7ccccc7c7ccccc76)ccc4-5)cc3c(-c3ccccc3)c3ccc(-c4ccc5c(c4)C4(c6ccccc6-c6ccccc64)c4cc(-n6c7ccccc7c7ccccc76)ccc4-5)cc23)cc1. The van der Waals surface area contributed by atoms with Gasteiger partial charge in [0.2, 0.25) is 0 Å². The van der Waals surface area contributed by atoms with Crippen LogP contribution in [0.2, 0.25) is 0 Å². The number of nitrogens with zero attached hydrogens (tertiary/aromatic N) is 2. The molecule has 0 amide bonds. The lowest BCUT2D eigenvalue weighted by Gasteiger charge is -2.31. The zero-order chi connectivity index (χ0) is 66.5. The molecule has 0 saturated heterocycles. The maximum Gasteiger partial charge on any atom is 0.0726 e. The van der Waals surface area contributed by atoms with Crippen molar-refractivity contribution in [2.45, 2.75) is 10.8 Å². The van der Waals surface area contributed by atoms with E-state index in [1.807, 2.05) is 0 Å². The molecule has 0 N–H and O–H groups in total. The van der Waals surface area contributed by atoms with E-state index in [0.29, 0.717) is 0 Å². The molecule has 23 rings (SSSR count). The first-order valence-electron chi connectivity index (χ1n) is 35.7. The fraction of sp³-hybridized carbons (Fsp3) is 0.0200. The van der Waals surface area contributed by atoms with Crippen molar-refractivity contribution in [3.8, 4) is 100 Å². The summed E-state index contributed by atoms with van der Waals surface area (Å²) in [5.41, 5.74) is 36.5. The summed E-state index contributed by atoms with van der Waals surface area (Å²) in [6.45, 7) is 0. The summed E-state index contributed by atoms with van der Waals surface area (Å²) in [4.78, 5) is 0. The maximum absolute atomic E-state index is 2.55. The number of para-hydroxylation sites is 4. The summed E-state index contributed by atoms with van der Waals surface area (Å²) in [6, 6.07) is 138. The van der Waals surface area contributed by atoms with Crippen molar-refractivity contribution in [2.75, 3.05) is 0 Å². The Hall–Kier alpha value is -13.1. The van der Waals surface area contributed by atoms with Crippen LogP contribution in [0.15, 0.2) is 364 Å². The predicted molar refractivity (Wildman–Crippen MR) is 424 cm³/mol. The van der Waals surface area contributed by atoms with Gasteiger partial charge in [0, 0.05) is 32.9 Å². The molecule has 4 aliphatic carbocycles. The van der Waals surface area contributed by atoms with Crippen molar-refractivity contribution < 1.29 is 0 Å². The van der Waals surface area contributed by atoms with E-state index < -0.39 is 10.8 Å². The van der Waals surface area contributed by atoms with Crippen molar-refractivity contribution in [1.82, 2.24) is 9.13 Å². The molecule has 0 aliphatic heterocycles. The van der Waals surface area contributed by atoms with E-state index in [2.05, 4.69) is 373 Å². The highest BCUT2D eigenvalue weighted by molar-refractivity contribution is 6.23. The van der Waals surface area contributed by atoms with Crippen molar-refractivity contribution in [2.24, 2.45) is 0 Å². The Kier molecular flexibility index (Phi) is 11.3. The number of hydrogen-bond donors (Lipinski definition) is 0. The van der Waals surface area contributed by atoms with Crippen LogP contribution in [0.4, 0.5) is 0 Å². The molecule has 2 aromatic heterocycles. The van der Waals surface area contributed by atoms with Gasteiger partial charge in [0.15, 0.2) is 0 Å². The molecule has 0 fully saturated rings. The van der Waals surface area contributed by atoms with Crippen LogP contribution >= 0.6 is 0 Å². The quantitative estimate of drug-likeness (QED) is 0.147. The fourth-order valence-corrected chi connectivity index (χ4v) is 19.7. The molecule has 17 aromatic carbocycles. The van der Waals surface area contributed by atoms with Gasteiger partial charge in [-0.15, -0.1) is 0 Å². The average molecular weight is 1290 g/mol. The third-order valence-corrected chi connectivity index (χ3v) is 23.7. The first-order valence-corrected chi connectivity index (χ1v) is 35.7. The Labute approximate surface area is 590 Å². The molecule has 0 atom stereocenters. The molecule has 470 valence electrons. The summed E-state index contributed by atoms with van der Waals surface area (Å²) in [5.74, 6) is 0. The molecular formula is C100H60N2. The molecular weight excluding hydrogens is 1230 g/mol. The third kappa shape index (κ3) is 7.27. The minimum absolute atomic E-state index is 0.573. The minimum Gasteiger partial charge on any atom is -0.309 e. The third-order valence-electron chi connectivity index (χ3n) is 23.7. The van der Waals surface area contributed by atoms with Gasteiger partial charge in [-0.3, -0.25) is 0 Å². The average Bonchev–Trinajstić information content (AvgIpc) is 1.51. The molecule has 0 saturated carbocycles. The molecule has 102 heavy (non-hydrogen) atoms. The summed E-state index contributed by atoms with van der Waals surface area (Å²) in [5, 5.41) is 9.92. The van der Waals surface area contributed by atoms with Crippen molar-refractivity contribution >= 4 is 65.2 Å². The minimum atomic E-state index is -0.573. The Balaban J connectivity index is 0.719. The van der Waals surface area contributed by atoms with Gasteiger partial charge in [-0.1, -0.05) is 291 Å². The van der Waals surface area contributed by atoms with Crippen molar-refractivity contribution in [3.05, 3.63) is 408 Å². The lowest BCUT2D eigenvalue weighted by atomic mass is 9.70. The Morgan fingerprint density at radius 1 is 0.157 bits per heavy atom. The van der Waals surface area contributed by atoms with Gasteiger partial charge in [-0.25, -0.2) is 0 Å². The summed E-state index contributed by atoms with van der Waals surface area (Å²) in [6.07, 6.45) is 0. The van der Waals surface area contributed by atoms with Gasteiger partial charge < -0.3 is 9.13 Å². The molecule has 2 nitrogen and oxygen atoms in total. The molecule has 0 radical (unpaired) electrons. The smallest absolute Gasteiger partial charge is 0.0726 e. The van der Waals surface area contributed by atoms with Gasteiger partial charge in [0.1, 0.15) is 0 Å². The van der Waals surface area contributed by atoms with Crippen LogP contribution in [-0.4, -0.2) is 9.13 Å². The second-order valence-electron chi connectivity index (χ2n) is 28.4. The van der Waals surface area contributed by atoms with Crippen LogP contribution in [0.5, 0.6) is 0 Å². The van der Waals surface area contributed by atoms with Gasteiger partial charge >= 0.3 is 0 Å². The van der Waals surface area contributed by atoms with Crippen LogP contribution in [-0.2, 0) is 10.8 Å². The molecule has 2 heterocycles. The molecule has 2 heteroatoms. The number of rotatable bonds is 6. The van der Waals surface area contributed by atoms with Gasteiger partial charge in [-0.2, -0.15) is 0 Å². The first-order chi connectivity index (χ1) is 50.6. The summed E-state index contributed by atoms with van der Waals surface area (Å²) >= 11 is 0. The molecule has 4 aliphatic rings. The van der Waals surface area contributed by atoms with Gasteiger partial charge in [0.25, 0.3) is 0 Å². The van der Waals surface area contributed by atoms with Gasteiger partial charge in [-0.05, 0) is 228 Å². The number of aromatic nitrogens is 2. The standard InChI is InChI=1S/C100H60N2/c1-3-23-61(24-4-1)97-81-51-45-64(66-44-50-74-76-54-48-68(102-95-41-21-13-33-79(95)80-34-14-22-42-96(80)102)60-92(76)100(90(74)58-66)87-37-17-9-29-71(87)72-30-10-18-38-88(72)100)56-84(81)98(62-25-5-2-6-26-62)82-52-46-63(55-83(82)97)65-43-49-73-75-53-47-67(101-93-39-19-11-31-77(93)78-32-12-20-40-94(78)101)59-91(75)99(89(73)57-65)85-35-15-7-27-69(85)70-28-8-16-36-86(70)99/h1-60H. The van der Waals surface area contributed by atoms with E-state index >= 15 is 0 Å². The van der Waals surface area contributed by atoms with Crippen LogP contribution in [0.25, 0.3) is 166 Å². The molecule has 2 spiro atoms.